The number of benzene rings is 1. The average Bonchev–Trinajstić information content (AvgIpc) is 2.26. The Balaban J connectivity index is 2.49. The summed E-state index contributed by atoms with van der Waals surface area (Å²) in [5.41, 5.74) is -0.343. The van der Waals surface area contributed by atoms with Crippen molar-refractivity contribution in [3.8, 4) is 5.75 Å². The largest absolute Gasteiger partial charge is 0.494 e. The molecule has 1 aliphatic rings. The molecule has 1 amide bonds. The van der Waals surface area contributed by atoms with Gasteiger partial charge in [-0.25, -0.2) is 4.31 Å². The fourth-order valence-corrected chi connectivity index (χ4v) is 4.02. The number of carbonyl (C=O) groups excluding carboxylic acids is 1. The van der Waals surface area contributed by atoms with Crippen molar-refractivity contribution >= 4 is 25.8 Å². The van der Waals surface area contributed by atoms with E-state index in [2.05, 4.69) is 0 Å². The van der Waals surface area contributed by atoms with Crippen LogP contribution in [0.4, 0.5) is 0 Å². The van der Waals surface area contributed by atoms with Crippen LogP contribution in [0.25, 0.3) is 0 Å². The molecule has 1 fully saturated rings. The van der Waals surface area contributed by atoms with E-state index in [0.717, 1.165) is 0 Å². The quantitative estimate of drug-likeness (QED) is 0.630. The summed E-state index contributed by atoms with van der Waals surface area (Å²) in [5.74, 6) is 0.0501. The molecule has 0 aliphatic carbocycles. The second-order valence-electron chi connectivity index (χ2n) is 4.48. The summed E-state index contributed by atoms with van der Waals surface area (Å²) in [5, 5.41) is 0. The molecule has 0 radical (unpaired) electrons. The molecular weight excluding hydrogens is 290 g/mol. The molecule has 0 aromatic heterocycles. The number of hydrogen-bond acceptors (Lipinski definition) is 4. The van der Waals surface area contributed by atoms with Gasteiger partial charge in [-0.2, -0.15) is 8.42 Å². The molecule has 19 heavy (non-hydrogen) atoms. The smallest absolute Gasteiger partial charge is 0.324 e. The molecule has 0 N–H and O–H groups in total. The third-order valence-electron chi connectivity index (χ3n) is 3.16. The van der Waals surface area contributed by atoms with Gasteiger partial charge in [0.1, 0.15) is 5.75 Å². The minimum Gasteiger partial charge on any atom is -0.494 e. The Kier molecular flexibility index (Phi) is 3.49. The molecule has 1 aromatic carbocycles. The first-order valence-corrected chi connectivity index (χ1v) is 8.07. The van der Waals surface area contributed by atoms with Gasteiger partial charge in [0.25, 0.3) is 0 Å². The summed E-state index contributed by atoms with van der Waals surface area (Å²) in [6, 6.07) is 7.04. The summed E-state index contributed by atoms with van der Waals surface area (Å²) in [4.78, 5) is 11.6. The van der Waals surface area contributed by atoms with E-state index in [0.29, 0.717) is 22.2 Å². The van der Waals surface area contributed by atoms with Crippen LogP contribution in [0.1, 0.15) is 25.8 Å². The van der Waals surface area contributed by atoms with E-state index < -0.39 is 20.7 Å². The fraction of sp³-hybridized carbons (Fsp3) is 0.417. The second kappa shape index (κ2) is 4.68. The minimum absolute atomic E-state index is 0.0863. The monoisotopic (exact) mass is 303 g/mol. The van der Waals surface area contributed by atoms with E-state index in [1.54, 1.807) is 31.2 Å². The Hall–Kier alpha value is -1.27. The summed E-state index contributed by atoms with van der Waals surface area (Å²) in [7, 11) is 1.23. The predicted molar refractivity (Wildman–Crippen MR) is 71.2 cm³/mol. The molecule has 7 heteroatoms. The second-order valence-corrected chi connectivity index (χ2v) is 6.84. The molecule has 1 heterocycles. The van der Waals surface area contributed by atoms with Crippen molar-refractivity contribution in [2.24, 2.45) is 0 Å². The number of ether oxygens (including phenoxy) is 1. The zero-order chi connectivity index (χ0) is 14.3. The summed E-state index contributed by atoms with van der Waals surface area (Å²) < 4.78 is 29.2. The number of hydrogen-bond donors (Lipinski definition) is 0. The molecule has 0 spiro atoms. The van der Waals surface area contributed by atoms with Crippen LogP contribution in [0, 0.1) is 0 Å². The van der Waals surface area contributed by atoms with Crippen LogP contribution in [-0.2, 0) is 19.6 Å². The van der Waals surface area contributed by atoms with Gasteiger partial charge >= 0.3 is 9.24 Å². The molecular formula is C12H14ClNO4S. The van der Waals surface area contributed by atoms with Gasteiger partial charge in [-0.3, -0.25) is 4.79 Å². The zero-order valence-electron chi connectivity index (χ0n) is 10.6. The number of nitrogens with zero attached hydrogens (tertiary/aromatic N) is 1. The van der Waals surface area contributed by atoms with Crippen molar-refractivity contribution in [2.45, 2.75) is 25.8 Å². The lowest BCUT2D eigenvalue weighted by Crippen LogP contribution is -2.60. The third kappa shape index (κ3) is 2.30. The SMILES string of the molecule is CCOc1ccccc1C1(C)CC(=O)N1S(=O)(=O)Cl. The van der Waals surface area contributed by atoms with Gasteiger partial charge in [0.2, 0.25) is 5.91 Å². The minimum atomic E-state index is -4.10. The summed E-state index contributed by atoms with van der Waals surface area (Å²) in [6.45, 7) is 3.95. The van der Waals surface area contributed by atoms with Gasteiger partial charge < -0.3 is 4.74 Å². The highest BCUT2D eigenvalue weighted by Crippen LogP contribution is 2.47. The van der Waals surface area contributed by atoms with E-state index in [1.807, 2.05) is 6.92 Å². The maximum atomic E-state index is 11.6. The van der Waals surface area contributed by atoms with E-state index >= 15 is 0 Å². The van der Waals surface area contributed by atoms with Crippen LogP contribution in [0.2, 0.25) is 0 Å². The Morgan fingerprint density at radius 2 is 2.05 bits per heavy atom. The van der Waals surface area contributed by atoms with Crippen LogP contribution in [0.15, 0.2) is 24.3 Å². The highest BCUT2D eigenvalue weighted by atomic mass is 35.7. The number of β-lactam (4-membered cyclic amide) rings is 1. The molecule has 2 rings (SSSR count). The van der Waals surface area contributed by atoms with Crippen LogP contribution in [-0.4, -0.2) is 25.2 Å². The Morgan fingerprint density at radius 1 is 1.42 bits per heavy atom. The molecule has 1 unspecified atom stereocenters. The van der Waals surface area contributed by atoms with E-state index in [4.69, 9.17) is 15.4 Å². The van der Waals surface area contributed by atoms with Crippen LogP contribution in [0.5, 0.6) is 5.75 Å². The van der Waals surface area contributed by atoms with Crippen LogP contribution >= 0.6 is 10.7 Å². The number of amides is 1. The summed E-state index contributed by atoms with van der Waals surface area (Å²) in [6.07, 6.45) is 0.0863. The molecule has 0 bridgehead atoms. The Morgan fingerprint density at radius 3 is 2.58 bits per heavy atom. The fourth-order valence-electron chi connectivity index (χ4n) is 2.38. The lowest BCUT2D eigenvalue weighted by atomic mass is 9.81. The van der Waals surface area contributed by atoms with Crippen molar-refractivity contribution in [2.75, 3.05) is 6.61 Å². The molecule has 5 nitrogen and oxygen atoms in total. The van der Waals surface area contributed by atoms with Gasteiger partial charge in [-0.05, 0) is 19.9 Å². The van der Waals surface area contributed by atoms with E-state index in [9.17, 15) is 13.2 Å². The van der Waals surface area contributed by atoms with Crippen LogP contribution in [0.3, 0.4) is 0 Å². The predicted octanol–water partition coefficient (Wildman–Crippen LogP) is 2.02. The number of rotatable bonds is 4. The van der Waals surface area contributed by atoms with Crippen molar-refractivity contribution < 1.29 is 17.9 Å². The first-order chi connectivity index (χ1) is 8.80. The van der Waals surface area contributed by atoms with Gasteiger partial charge in [-0.15, -0.1) is 0 Å². The highest BCUT2D eigenvalue weighted by Gasteiger charge is 2.55. The third-order valence-corrected chi connectivity index (χ3v) is 4.61. The highest BCUT2D eigenvalue weighted by molar-refractivity contribution is 8.12. The van der Waals surface area contributed by atoms with E-state index in [-0.39, 0.29) is 6.42 Å². The number of para-hydroxylation sites is 1. The first kappa shape index (κ1) is 14.1. The lowest BCUT2D eigenvalue weighted by Gasteiger charge is -2.47. The molecule has 1 saturated heterocycles. The van der Waals surface area contributed by atoms with Crippen LogP contribution < -0.4 is 4.74 Å². The molecule has 1 atom stereocenters. The Labute approximate surface area is 116 Å². The molecule has 1 aliphatic heterocycles. The van der Waals surface area contributed by atoms with Gasteiger partial charge in [-0.1, -0.05) is 18.2 Å². The number of halogens is 1. The van der Waals surface area contributed by atoms with Crippen molar-refractivity contribution in [3.05, 3.63) is 29.8 Å². The zero-order valence-corrected chi connectivity index (χ0v) is 12.2. The summed E-state index contributed by atoms with van der Waals surface area (Å²) >= 11 is 0. The number of carbonyl (C=O) groups is 1. The van der Waals surface area contributed by atoms with Crippen molar-refractivity contribution in [1.82, 2.24) is 4.31 Å². The maximum Gasteiger partial charge on any atom is 0.324 e. The standard InChI is InChI=1S/C12H14ClNO4S/c1-3-18-10-7-5-4-6-9(10)12(2)8-11(15)14(12)19(13,16)17/h4-7H,3,8H2,1-2H3. The first-order valence-electron chi connectivity index (χ1n) is 5.81. The molecule has 1 aromatic rings. The van der Waals surface area contributed by atoms with Crippen molar-refractivity contribution in [1.29, 1.82) is 0 Å². The molecule has 0 saturated carbocycles. The van der Waals surface area contributed by atoms with E-state index in [1.165, 1.54) is 0 Å². The normalized spacial score (nSPS) is 23.1. The van der Waals surface area contributed by atoms with Gasteiger partial charge in [0.05, 0.1) is 18.6 Å². The molecule has 104 valence electrons. The Bertz CT molecular complexity index is 616. The van der Waals surface area contributed by atoms with Crippen molar-refractivity contribution in [3.63, 3.8) is 0 Å². The maximum absolute atomic E-state index is 11.6. The van der Waals surface area contributed by atoms with Gasteiger partial charge in [0, 0.05) is 16.2 Å². The topological polar surface area (TPSA) is 63.7 Å². The lowest BCUT2D eigenvalue weighted by molar-refractivity contribution is -0.144. The average molecular weight is 304 g/mol. The van der Waals surface area contributed by atoms with Gasteiger partial charge in [0.15, 0.2) is 0 Å².